The Bertz CT molecular complexity index is 1320. The molecule has 8 unspecified atom stereocenters. The van der Waals surface area contributed by atoms with E-state index in [9.17, 15) is 24.6 Å². The summed E-state index contributed by atoms with van der Waals surface area (Å²) in [5, 5.41) is 29.7. The lowest BCUT2D eigenvalue weighted by Crippen LogP contribution is -2.62. The number of hydrogen-bond donors (Lipinski definition) is 5. The van der Waals surface area contributed by atoms with E-state index < -0.39 is 36.1 Å². The van der Waals surface area contributed by atoms with Crippen LogP contribution in [0.25, 0.3) is 0 Å². The van der Waals surface area contributed by atoms with Gasteiger partial charge in [0.05, 0.1) is 18.8 Å². The number of nitrogens with two attached hydrogens (primary N) is 1. The van der Waals surface area contributed by atoms with Crippen LogP contribution in [0.15, 0.2) is 0 Å². The number of rotatable bonds is 14. The first-order valence-electron chi connectivity index (χ1n) is 22.0. The second kappa shape index (κ2) is 18.0. The summed E-state index contributed by atoms with van der Waals surface area (Å²) in [6.07, 6.45) is 12.2. The maximum Gasteiger partial charge on any atom is 0.240 e. The van der Waals surface area contributed by atoms with Crippen molar-refractivity contribution in [2.45, 2.75) is 160 Å². The van der Waals surface area contributed by atoms with Crippen molar-refractivity contribution in [2.24, 2.45) is 64.4 Å². The molecule has 7 rings (SSSR count). The van der Waals surface area contributed by atoms with Gasteiger partial charge >= 0.3 is 0 Å². The summed E-state index contributed by atoms with van der Waals surface area (Å²) in [6.45, 7) is 8.82. The average molecular weight is 774 g/mol. The Kier molecular flexibility index (Phi) is 14.0. The standard InChI is InChI=1S/C43H75N5O7/c1-24-33-20-30(43(33,3)4)21-34(24)45-42(53)38-37(25(2)50)36(23-49)55-48(38)22-27-14-11-15-32(39(27)54-7)28-17-29(19-31(18-28)47(5)6)41(52)46-35(40(44)51)16-26-12-9-8-10-13-26/h24-39,49-50H,8-23H2,1-7H3,(H2,44,51)(H,45,53)(H,46,52)/t24-,25-,27?,28?,29?,30+,31?,32?,33-,34?,35?,36-,37+,38-,39?/m0/s1. The van der Waals surface area contributed by atoms with E-state index in [1.54, 1.807) is 19.1 Å². The minimum absolute atomic E-state index is 0.0509. The highest BCUT2D eigenvalue weighted by Crippen LogP contribution is 2.61. The van der Waals surface area contributed by atoms with E-state index >= 15 is 0 Å². The first-order valence-corrected chi connectivity index (χ1v) is 22.0. The van der Waals surface area contributed by atoms with Gasteiger partial charge in [-0.2, -0.15) is 5.06 Å². The Hall–Kier alpha value is -1.83. The van der Waals surface area contributed by atoms with E-state index in [4.69, 9.17) is 15.3 Å². The minimum atomic E-state index is -0.851. The lowest BCUT2D eigenvalue weighted by atomic mass is 9.45. The van der Waals surface area contributed by atoms with Crippen molar-refractivity contribution < 1.29 is 34.2 Å². The van der Waals surface area contributed by atoms with Crippen molar-refractivity contribution in [3.8, 4) is 0 Å². The maximum absolute atomic E-state index is 14.3. The van der Waals surface area contributed by atoms with Crippen molar-refractivity contribution in [3.63, 3.8) is 0 Å². The van der Waals surface area contributed by atoms with Gasteiger partial charge in [0.1, 0.15) is 18.2 Å². The Morgan fingerprint density at radius 2 is 1.73 bits per heavy atom. The number of hydrogen-bond acceptors (Lipinski definition) is 9. The first kappa shape index (κ1) is 42.8. The average Bonchev–Trinajstić information content (AvgIpc) is 3.53. The monoisotopic (exact) mass is 774 g/mol. The van der Waals surface area contributed by atoms with E-state index in [0.717, 1.165) is 57.8 Å². The molecule has 3 amide bonds. The molecule has 2 bridgehead atoms. The zero-order valence-electron chi connectivity index (χ0n) is 35.0. The third-order valence-electron chi connectivity index (χ3n) is 16.1. The number of methoxy groups -OCH3 is 1. The Morgan fingerprint density at radius 1 is 1.00 bits per heavy atom. The molecule has 6 saturated carbocycles. The van der Waals surface area contributed by atoms with Gasteiger partial charge in [-0.15, -0.1) is 0 Å². The number of nitrogens with one attached hydrogen (secondary N) is 2. The van der Waals surface area contributed by atoms with Gasteiger partial charge in [0.15, 0.2) is 0 Å². The van der Waals surface area contributed by atoms with Crippen molar-refractivity contribution in [1.29, 1.82) is 0 Å². The molecule has 6 N–H and O–H groups in total. The van der Waals surface area contributed by atoms with Gasteiger partial charge in [0.2, 0.25) is 17.7 Å². The smallest absolute Gasteiger partial charge is 0.240 e. The van der Waals surface area contributed by atoms with Crippen LogP contribution in [-0.2, 0) is 24.0 Å². The molecule has 0 radical (unpaired) electrons. The molecule has 0 aromatic rings. The summed E-state index contributed by atoms with van der Waals surface area (Å²) in [5.41, 5.74) is 6.17. The van der Waals surface area contributed by atoms with E-state index in [0.29, 0.717) is 42.1 Å². The van der Waals surface area contributed by atoms with Crippen molar-refractivity contribution >= 4 is 17.7 Å². The Morgan fingerprint density at radius 3 is 2.33 bits per heavy atom. The molecule has 15 atom stereocenters. The Labute approximate surface area is 330 Å². The van der Waals surface area contributed by atoms with Crippen molar-refractivity contribution in [3.05, 3.63) is 0 Å². The van der Waals surface area contributed by atoms with Gasteiger partial charge in [-0.25, -0.2) is 0 Å². The predicted molar refractivity (Wildman–Crippen MR) is 211 cm³/mol. The number of aliphatic hydroxyl groups is 2. The topological polar surface area (TPSA) is 167 Å². The number of ether oxygens (including phenoxy) is 1. The van der Waals surface area contributed by atoms with Gasteiger partial charge in [-0.05, 0) is 113 Å². The van der Waals surface area contributed by atoms with Gasteiger partial charge in [0.25, 0.3) is 0 Å². The van der Waals surface area contributed by atoms with Gasteiger partial charge in [-0.1, -0.05) is 59.3 Å². The van der Waals surface area contributed by atoms with Crippen LogP contribution in [0.5, 0.6) is 0 Å². The molecule has 1 aliphatic heterocycles. The third-order valence-corrected chi connectivity index (χ3v) is 16.1. The van der Waals surface area contributed by atoms with Crippen LogP contribution in [0, 0.1) is 58.7 Å². The second-order valence-corrected chi connectivity index (χ2v) is 19.8. The first-order chi connectivity index (χ1) is 26.1. The van der Waals surface area contributed by atoms with Crippen LogP contribution >= 0.6 is 0 Å². The number of aliphatic hydroxyl groups excluding tert-OH is 2. The molecule has 7 aliphatic rings. The van der Waals surface area contributed by atoms with E-state index in [1.807, 2.05) is 0 Å². The zero-order valence-corrected chi connectivity index (χ0v) is 35.0. The highest BCUT2D eigenvalue weighted by Gasteiger charge is 2.58. The summed E-state index contributed by atoms with van der Waals surface area (Å²) < 4.78 is 6.39. The highest BCUT2D eigenvalue weighted by molar-refractivity contribution is 5.87. The summed E-state index contributed by atoms with van der Waals surface area (Å²) >= 11 is 0. The highest BCUT2D eigenvalue weighted by atomic mass is 16.7. The van der Waals surface area contributed by atoms with Crippen LogP contribution in [-0.4, -0.2) is 115 Å². The lowest BCUT2D eigenvalue weighted by Gasteiger charge is -2.62. The fraction of sp³-hybridized carbons (Fsp3) is 0.930. The quantitative estimate of drug-likeness (QED) is 0.176. The molecule has 12 nitrogen and oxygen atoms in total. The molecule has 1 saturated heterocycles. The van der Waals surface area contributed by atoms with Crippen LogP contribution < -0.4 is 16.4 Å². The van der Waals surface area contributed by atoms with Crippen LogP contribution in [0.2, 0.25) is 0 Å². The van der Waals surface area contributed by atoms with Gasteiger partial charge < -0.3 is 36.2 Å². The van der Waals surface area contributed by atoms with E-state index in [-0.39, 0.29) is 60.3 Å². The molecular weight excluding hydrogens is 699 g/mol. The number of hydroxylamine groups is 2. The molecule has 0 spiro atoms. The van der Waals surface area contributed by atoms with Crippen molar-refractivity contribution in [2.75, 3.05) is 34.4 Å². The van der Waals surface area contributed by atoms with Gasteiger partial charge in [0, 0.05) is 43.5 Å². The SMILES string of the molecule is COC1C(CN2O[C@@H](CO)[C@@H]([C@H](C)O)[C@H]2C(=O)NC2C[C@H]3C[C@@H]([C@@H]2C)C3(C)C)CCCC1C1CC(C(=O)NC(CC2CCCCC2)C(N)=O)CC(N(C)C)C1. The van der Waals surface area contributed by atoms with E-state index in [2.05, 4.69) is 50.4 Å². The third kappa shape index (κ3) is 9.09. The predicted octanol–water partition coefficient (Wildman–Crippen LogP) is 3.87. The number of carbonyl (C=O) groups excluding carboxylic acids is 3. The number of nitrogens with zero attached hydrogens (tertiary/aromatic N) is 2. The van der Waals surface area contributed by atoms with E-state index in [1.165, 1.54) is 25.7 Å². The minimum Gasteiger partial charge on any atom is -0.394 e. The van der Waals surface area contributed by atoms with Crippen LogP contribution in [0.1, 0.15) is 118 Å². The van der Waals surface area contributed by atoms with Crippen LogP contribution in [0.3, 0.4) is 0 Å². The van der Waals surface area contributed by atoms with Crippen LogP contribution in [0.4, 0.5) is 0 Å². The van der Waals surface area contributed by atoms with Gasteiger partial charge in [-0.3, -0.25) is 19.2 Å². The molecule has 0 aromatic carbocycles. The molecule has 12 heteroatoms. The molecule has 7 fully saturated rings. The number of amides is 3. The molecule has 55 heavy (non-hydrogen) atoms. The summed E-state index contributed by atoms with van der Waals surface area (Å²) in [6, 6.07) is -1.09. The largest absolute Gasteiger partial charge is 0.394 e. The molecule has 314 valence electrons. The number of fused-ring (bicyclic) bond motifs is 2. The molecule has 6 aliphatic carbocycles. The Balaban J connectivity index is 1.15. The fourth-order valence-electron chi connectivity index (χ4n) is 12.7. The second-order valence-electron chi connectivity index (χ2n) is 19.8. The zero-order chi connectivity index (χ0) is 39.8. The number of carbonyl (C=O) groups is 3. The molecular formula is C43H75N5O7. The lowest BCUT2D eigenvalue weighted by molar-refractivity contribution is -0.193. The maximum atomic E-state index is 14.3. The molecule has 0 aromatic heterocycles. The summed E-state index contributed by atoms with van der Waals surface area (Å²) in [4.78, 5) is 49.5. The molecule has 1 heterocycles. The number of primary amides is 1. The summed E-state index contributed by atoms with van der Waals surface area (Å²) in [7, 11) is 5.94. The summed E-state index contributed by atoms with van der Waals surface area (Å²) in [5.74, 6) is 0.985. The normalized spacial score (nSPS) is 40.6. The fourth-order valence-corrected chi connectivity index (χ4v) is 12.7. The van der Waals surface area contributed by atoms with Crippen molar-refractivity contribution in [1.82, 2.24) is 20.6 Å².